The summed E-state index contributed by atoms with van der Waals surface area (Å²) in [6.07, 6.45) is 1.01. The van der Waals surface area contributed by atoms with E-state index in [9.17, 15) is 0 Å². The minimum Gasteiger partial charge on any atom is -0.328 e. The summed E-state index contributed by atoms with van der Waals surface area (Å²) in [5.74, 6) is 1.93. The molecule has 1 nitrogen and oxygen atoms in total. The average Bonchev–Trinajstić information content (AvgIpc) is 2.48. The van der Waals surface area contributed by atoms with Gasteiger partial charge in [0.25, 0.3) is 0 Å². The second-order valence-electron chi connectivity index (χ2n) is 4.22. The SMILES string of the molecule is CC(N)Cc1cccc2c1C(C)CS2. The standard InChI is InChI=1S/C12H17NS/c1-8-7-14-11-5-3-4-10(12(8)11)6-9(2)13/h3-5,8-9H,6-7,13H2,1-2H3. The van der Waals surface area contributed by atoms with Gasteiger partial charge in [0.05, 0.1) is 0 Å². The average molecular weight is 207 g/mol. The molecule has 14 heavy (non-hydrogen) atoms. The van der Waals surface area contributed by atoms with Gasteiger partial charge in [-0.25, -0.2) is 0 Å². The molecular weight excluding hydrogens is 190 g/mol. The molecule has 2 atom stereocenters. The van der Waals surface area contributed by atoms with Crippen molar-refractivity contribution in [2.75, 3.05) is 5.75 Å². The lowest BCUT2D eigenvalue weighted by molar-refractivity contribution is 0.720. The van der Waals surface area contributed by atoms with Crippen molar-refractivity contribution in [3.63, 3.8) is 0 Å². The van der Waals surface area contributed by atoms with Crippen molar-refractivity contribution in [1.82, 2.24) is 0 Å². The highest BCUT2D eigenvalue weighted by Crippen LogP contribution is 2.41. The molecule has 2 N–H and O–H groups in total. The molecule has 0 amide bonds. The van der Waals surface area contributed by atoms with Gasteiger partial charge >= 0.3 is 0 Å². The number of fused-ring (bicyclic) bond motifs is 1. The lowest BCUT2D eigenvalue weighted by Crippen LogP contribution is -2.18. The van der Waals surface area contributed by atoms with Gasteiger partial charge in [0.1, 0.15) is 0 Å². The van der Waals surface area contributed by atoms with Crippen molar-refractivity contribution in [3.05, 3.63) is 29.3 Å². The number of rotatable bonds is 2. The van der Waals surface area contributed by atoms with Crippen molar-refractivity contribution in [1.29, 1.82) is 0 Å². The van der Waals surface area contributed by atoms with Crippen LogP contribution in [0.1, 0.15) is 30.9 Å². The summed E-state index contributed by atoms with van der Waals surface area (Å²) in [6.45, 7) is 4.38. The van der Waals surface area contributed by atoms with Crippen LogP contribution in [0.25, 0.3) is 0 Å². The van der Waals surface area contributed by atoms with E-state index >= 15 is 0 Å². The predicted octanol–water partition coefficient (Wildman–Crippen LogP) is 2.79. The molecule has 1 aliphatic heterocycles. The van der Waals surface area contributed by atoms with E-state index in [0.29, 0.717) is 5.92 Å². The van der Waals surface area contributed by atoms with Crippen LogP contribution in [0.15, 0.2) is 23.1 Å². The summed E-state index contributed by atoms with van der Waals surface area (Å²) < 4.78 is 0. The van der Waals surface area contributed by atoms with Crippen LogP contribution < -0.4 is 5.73 Å². The van der Waals surface area contributed by atoms with Crippen molar-refractivity contribution in [3.8, 4) is 0 Å². The van der Waals surface area contributed by atoms with Gasteiger partial charge in [0.2, 0.25) is 0 Å². The molecule has 0 spiro atoms. The number of hydrogen-bond donors (Lipinski definition) is 1. The molecule has 1 aromatic carbocycles. The van der Waals surface area contributed by atoms with E-state index < -0.39 is 0 Å². The van der Waals surface area contributed by atoms with Gasteiger partial charge in [0, 0.05) is 16.7 Å². The molecule has 0 saturated heterocycles. The van der Waals surface area contributed by atoms with Crippen LogP contribution in [0.2, 0.25) is 0 Å². The van der Waals surface area contributed by atoms with Crippen molar-refractivity contribution in [2.45, 2.75) is 37.1 Å². The third kappa shape index (κ3) is 1.82. The first-order valence-corrected chi connectivity index (χ1v) is 6.17. The number of hydrogen-bond acceptors (Lipinski definition) is 2. The molecule has 0 fully saturated rings. The Morgan fingerprint density at radius 1 is 1.57 bits per heavy atom. The molecule has 2 rings (SSSR count). The first kappa shape index (κ1) is 10.1. The number of nitrogens with two attached hydrogens (primary N) is 1. The Hall–Kier alpha value is -0.470. The summed E-state index contributed by atoms with van der Waals surface area (Å²) in [7, 11) is 0. The molecule has 2 unspecified atom stereocenters. The Kier molecular flexibility index (Phi) is 2.84. The van der Waals surface area contributed by atoms with Crippen molar-refractivity contribution in [2.24, 2.45) is 5.73 Å². The minimum atomic E-state index is 0.263. The summed E-state index contributed by atoms with van der Waals surface area (Å²) in [4.78, 5) is 1.47. The second-order valence-corrected chi connectivity index (χ2v) is 5.28. The molecule has 0 radical (unpaired) electrons. The summed E-state index contributed by atoms with van der Waals surface area (Å²) in [5.41, 5.74) is 8.86. The lowest BCUT2D eigenvalue weighted by atomic mass is 9.94. The quantitative estimate of drug-likeness (QED) is 0.807. The molecule has 1 heterocycles. The van der Waals surface area contributed by atoms with Gasteiger partial charge in [-0.1, -0.05) is 19.1 Å². The van der Waals surface area contributed by atoms with Crippen molar-refractivity contribution >= 4 is 11.8 Å². The van der Waals surface area contributed by atoms with Gasteiger partial charge < -0.3 is 5.73 Å². The molecule has 2 heteroatoms. The molecule has 0 bridgehead atoms. The molecular formula is C12H17NS. The van der Waals surface area contributed by atoms with E-state index in [0.717, 1.165) is 6.42 Å². The molecule has 1 aliphatic rings. The summed E-state index contributed by atoms with van der Waals surface area (Å²) in [6, 6.07) is 6.87. The largest absolute Gasteiger partial charge is 0.328 e. The van der Waals surface area contributed by atoms with Gasteiger partial charge in [-0.15, -0.1) is 11.8 Å². The highest BCUT2D eigenvalue weighted by molar-refractivity contribution is 7.99. The fourth-order valence-corrected chi connectivity index (χ4v) is 3.36. The van der Waals surface area contributed by atoms with Gasteiger partial charge in [0.15, 0.2) is 0 Å². The second kappa shape index (κ2) is 3.95. The minimum absolute atomic E-state index is 0.263. The van der Waals surface area contributed by atoms with E-state index in [4.69, 9.17) is 5.73 Å². The third-order valence-electron chi connectivity index (χ3n) is 2.68. The van der Waals surface area contributed by atoms with Gasteiger partial charge in [-0.3, -0.25) is 0 Å². The third-order valence-corrected chi connectivity index (χ3v) is 4.01. The van der Waals surface area contributed by atoms with Crippen LogP contribution in [-0.2, 0) is 6.42 Å². The molecule has 1 aromatic rings. The molecule has 0 aliphatic carbocycles. The molecule has 0 saturated carbocycles. The van der Waals surface area contributed by atoms with E-state index in [1.807, 2.05) is 11.8 Å². The zero-order valence-corrected chi connectivity index (χ0v) is 9.60. The number of thioether (sulfide) groups is 1. The first-order chi connectivity index (χ1) is 6.68. The normalized spacial score (nSPS) is 22.1. The Balaban J connectivity index is 2.36. The summed E-state index contributed by atoms with van der Waals surface area (Å²) >= 11 is 1.98. The van der Waals surface area contributed by atoms with Crippen LogP contribution in [0.5, 0.6) is 0 Å². The maximum absolute atomic E-state index is 5.86. The van der Waals surface area contributed by atoms with E-state index in [1.54, 1.807) is 5.56 Å². The fraction of sp³-hybridized carbons (Fsp3) is 0.500. The zero-order valence-electron chi connectivity index (χ0n) is 8.79. The van der Waals surface area contributed by atoms with Crippen LogP contribution in [-0.4, -0.2) is 11.8 Å². The zero-order chi connectivity index (χ0) is 10.1. The molecule has 76 valence electrons. The molecule has 0 aromatic heterocycles. The lowest BCUT2D eigenvalue weighted by Gasteiger charge is -2.13. The Bertz CT molecular complexity index is 333. The smallest absolute Gasteiger partial charge is 0.0110 e. The fourth-order valence-electron chi connectivity index (χ4n) is 2.10. The topological polar surface area (TPSA) is 26.0 Å². The number of benzene rings is 1. The summed E-state index contributed by atoms with van der Waals surface area (Å²) in [5, 5.41) is 0. The Labute approximate surface area is 90.1 Å². The van der Waals surface area contributed by atoms with Crippen LogP contribution in [0, 0.1) is 0 Å². The Morgan fingerprint density at radius 3 is 3.07 bits per heavy atom. The monoisotopic (exact) mass is 207 g/mol. The van der Waals surface area contributed by atoms with E-state index in [-0.39, 0.29) is 6.04 Å². The van der Waals surface area contributed by atoms with Crippen LogP contribution in [0.3, 0.4) is 0 Å². The maximum Gasteiger partial charge on any atom is 0.0110 e. The predicted molar refractivity (Wildman–Crippen MR) is 62.9 cm³/mol. The highest BCUT2D eigenvalue weighted by Gasteiger charge is 2.22. The van der Waals surface area contributed by atoms with Crippen LogP contribution in [0.4, 0.5) is 0 Å². The van der Waals surface area contributed by atoms with Gasteiger partial charge in [-0.05, 0) is 36.5 Å². The van der Waals surface area contributed by atoms with E-state index in [1.165, 1.54) is 16.2 Å². The van der Waals surface area contributed by atoms with Crippen LogP contribution >= 0.6 is 11.8 Å². The van der Waals surface area contributed by atoms with Gasteiger partial charge in [-0.2, -0.15) is 0 Å². The highest BCUT2D eigenvalue weighted by atomic mass is 32.2. The van der Waals surface area contributed by atoms with Crippen molar-refractivity contribution < 1.29 is 0 Å². The van der Waals surface area contributed by atoms with E-state index in [2.05, 4.69) is 32.0 Å². The maximum atomic E-state index is 5.86. The Morgan fingerprint density at radius 2 is 2.36 bits per heavy atom. The first-order valence-electron chi connectivity index (χ1n) is 5.18.